The summed E-state index contributed by atoms with van der Waals surface area (Å²) < 4.78 is 42.6. The van der Waals surface area contributed by atoms with Gasteiger partial charge in [-0.25, -0.2) is 13.2 Å². The minimum Gasteiger partial charge on any atom is -0.207 e. The second-order valence-corrected chi connectivity index (χ2v) is 10.6. The second-order valence-electron chi connectivity index (χ2n) is 10.6. The van der Waals surface area contributed by atoms with E-state index in [1.54, 1.807) is 0 Å². The third-order valence-electron chi connectivity index (χ3n) is 8.30. The molecule has 0 aliphatic heterocycles. The van der Waals surface area contributed by atoms with E-state index in [1.807, 2.05) is 0 Å². The van der Waals surface area contributed by atoms with Crippen molar-refractivity contribution < 1.29 is 13.2 Å². The average Bonchev–Trinajstić information content (AvgIpc) is 2.78. The summed E-state index contributed by atoms with van der Waals surface area (Å²) in [5, 5.41) is 0. The van der Waals surface area contributed by atoms with Gasteiger partial charge in [-0.3, -0.25) is 0 Å². The van der Waals surface area contributed by atoms with Gasteiger partial charge in [0, 0.05) is 5.56 Å². The molecule has 0 spiro atoms. The zero-order valence-electron chi connectivity index (χ0n) is 19.8. The van der Waals surface area contributed by atoms with E-state index in [0.717, 1.165) is 43.6 Å². The van der Waals surface area contributed by atoms with Crippen molar-refractivity contribution in [1.29, 1.82) is 0 Å². The first-order valence-electron chi connectivity index (χ1n) is 13.1. The summed E-state index contributed by atoms with van der Waals surface area (Å²) in [6, 6.07) is 1.15. The summed E-state index contributed by atoms with van der Waals surface area (Å²) in [5.74, 6) is -0.0450. The molecule has 0 aromatic heterocycles. The summed E-state index contributed by atoms with van der Waals surface area (Å²) >= 11 is 0. The SMILES string of the molecule is CCCCCCC[C@H]1CC[C@H](CC[C@H]2CC[C@H](c3c(F)cc(C)c(F)c3F)CC2)CC1. The molecule has 2 aliphatic carbocycles. The van der Waals surface area contributed by atoms with Crippen molar-refractivity contribution in [3.05, 3.63) is 34.6 Å². The Morgan fingerprint density at radius 2 is 1.19 bits per heavy atom. The van der Waals surface area contributed by atoms with Crippen molar-refractivity contribution >= 4 is 0 Å². The van der Waals surface area contributed by atoms with Crippen molar-refractivity contribution in [2.24, 2.45) is 17.8 Å². The monoisotopic (exact) mass is 436 g/mol. The predicted molar refractivity (Wildman–Crippen MR) is 124 cm³/mol. The van der Waals surface area contributed by atoms with E-state index in [0.29, 0.717) is 5.92 Å². The number of benzene rings is 1. The smallest absolute Gasteiger partial charge is 0.165 e. The number of hydrogen-bond donors (Lipinski definition) is 0. The van der Waals surface area contributed by atoms with Gasteiger partial charge in [0.25, 0.3) is 0 Å². The van der Waals surface area contributed by atoms with E-state index in [9.17, 15) is 13.2 Å². The molecular weight excluding hydrogens is 393 g/mol. The van der Waals surface area contributed by atoms with Gasteiger partial charge < -0.3 is 0 Å². The summed E-state index contributed by atoms with van der Waals surface area (Å²) in [4.78, 5) is 0. The molecule has 0 atom stereocenters. The fourth-order valence-electron chi connectivity index (χ4n) is 6.16. The van der Waals surface area contributed by atoms with Crippen LogP contribution >= 0.6 is 0 Å². The Kier molecular flexibility index (Phi) is 9.78. The van der Waals surface area contributed by atoms with Gasteiger partial charge in [-0.05, 0) is 67.9 Å². The highest BCUT2D eigenvalue weighted by Crippen LogP contribution is 2.42. The molecule has 1 aromatic rings. The fourth-order valence-corrected chi connectivity index (χ4v) is 6.16. The topological polar surface area (TPSA) is 0 Å². The van der Waals surface area contributed by atoms with Crippen LogP contribution in [0.4, 0.5) is 13.2 Å². The summed E-state index contributed by atoms with van der Waals surface area (Å²) in [5.41, 5.74) is 0.0493. The van der Waals surface area contributed by atoms with Gasteiger partial charge in [-0.2, -0.15) is 0 Å². The van der Waals surface area contributed by atoms with E-state index in [1.165, 1.54) is 84.0 Å². The third kappa shape index (κ3) is 6.99. The quantitative estimate of drug-likeness (QED) is 0.253. The highest BCUT2D eigenvalue weighted by molar-refractivity contribution is 5.30. The normalized spacial score (nSPS) is 26.9. The summed E-state index contributed by atoms with van der Waals surface area (Å²) in [6.45, 7) is 3.70. The average molecular weight is 437 g/mol. The largest absolute Gasteiger partial charge is 0.207 e. The van der Waals surface area contributed by atoms with Crippen LogP contribution in [-0.4, -0.2) is 0 Å². The molecule has 176 valence electrons. The lowest BCUT2D eigenvalue weighted by molar-refractivity contribution is 0.221. The van der Waals surface area contributed by atoms with Crippen molar-refractivity contribution in [3.63, 3.8) is 0 Å². The van der Waals surface area contributed by atoms with Gasteiger partial charge in [0.2, 0.25) is 0 Å². The van der Waals surface area contributed by atoms with Gasteiger partial charge in [0.15, 0.2) is 11.6 Å². The minimum atomic E-state index is -0.955. The standard InChI is InChI=1S/C28H43F3/c1-3-4-5-6-7-8-21-9-11-22(12-10-21)13-14-23-15-17-24(18-16-23)26-25(29)19-20(2)27(30)28(26)31/h19,21-24H,3-18H2,1-2H3/t21-,22-,23-,24-. The number of halogens is 3. The maximum Gasteiger partial charge on any atom is 0.165 e. The lowest BCUT2D eigenvalue weighted by atomic mass is 9.73. The molecule has 0 bridgehead atoms. The van der Waals surface area contributed by atoms with Crippen molar-refractivity contribution in [3.8, 4) is 0 Å². The number of hydrogen-bond acceptors (Lipinski definition) is 0. The van der Waals surface area contributed by atoms with Crippen LogP contribution in [0.25, 0.3) is 0 Å². The molecule has 0 amide bonds. The van der Waals surface area contributed by atoms with Crippen LogP contribution in [0.1, 0.15) is 127 Å². The van der Waals surface area contributed by atoms with Gasteiger partial charge in [0.05, 0.1) is 0 Å². The van der Waals surface area contributed by atoms with Crippen LogP contribution in [-0.2, 0) is 0 Å². The number of unbranched alkanes of at least 4 members (excludes halogenated alkanes) is 4. The molecule has 3 rings (SSSR count). The Balaban J connectivity index is 1.34. The molecule has 2 saturated carbocycles. The van der Waals surface area contributed by atoms with Crippen molar-refractivity contribution in [1.82, 2.24) is 0 Å². The molecule has 31 heavy (non-hydrogen) atoms. The molecule has 1 aromatic carbocycles. The zero-order chi connectivity index (χ0) is 22.2. The number of aryl methyl sites for hydroxylation is 1. The van der Waals surface area contributed by atoms with Crippen LogP contribution in [0.2, 0.25) is 0 Å². The van der Waals surface area contributed by atoms with Gasteiger partial charge in [-0.1, -0.05) is 84.0 Å². The molecule has 0 saturated heterocycles. The first-order valence-corrected chi connectivity index (χ1v) is 13.1. The first kappa shape index (κ1) is 24.6. The molecule has 0 unspecified atom stereocenters. The summed E-state index contributed by atoms with van der Waals surface area (Å²) in [7, 11) is 0. The first-order chi connectivity index (χ1) is 15.0. The van der Waals surface area contributed by atoms with Crippen molar-refractivity contribution in [2.45, 2.75) is 122 Å². The Hall–Kier alpha value is -0.990. The molecule has 3 heteroatoms. The van der Waals surface area contributed by atoms with E-state index in [4.69, 9.17) is 0 Å². The van der Waals surface area contributed by atoms with Gasteiger partial charge in [-0.15, -0.1) is 0 Å². The van der Waals surface area contributed by atoms with E-state index < -0.39 is 17.5 Å². The van der Waals surface area contributed by atoms with Crippen LogP contribution in [0, 0.1) is 42.1 Å². The predicted octanol–water partition coefficient (Wildman–Crippen LogP) is 9.63. The Morgan fingerprint density at radius 3 is 1.77 bits per heavy atom. The molecule has 2 fully saturated rings. The Morgan fingerprint density at radius 1 is 0.677 bits per heavy atom. The number of rotatable bonds is 10. The van der Waals surface area contributed by atoms with E-state index in [2.05, 4.69) is 6.92 Å². The van der Waals surface area contributed by atoms with Crippen LogP contribution in [0.5, 0.6) is 0 Å². The van der Waals surface area contributed by atoms with Crippen LogP contribution < -0.4 is 0 Å². The van der Waals surface area contributed by atoms with E-state index in [-0.39, 0.29) is 17.0 Å². The summed E-state index contributed by atoms with van der Waals surface area (Å²) in [6.07, 6.45) is 20.2. The lowest BCUT2D eigenvalue weighted by Crippen LogP contribution is -2.19. The molecular formula is C28H43F3. The highest BCUT2D eigenvalue weighted by atomic mass is 19.2. The lowest BCUT2D eigenvalue weighted by Gasteiger charge is -2.32. The van der Waals surface area contributed by atoms with Crippen LogP contribution in [0.3, 0.4) is 0 Å². The van der Waals surface area contributed by atoms with Crippen LogP contribution in [0.15, 0.2) is 6.07 Å². The van der Waals surface area contributed by atoms with Gasteiger partial charge in [0.1, 0.15) is 5.82 Å². The third-order valence-corrected chi connectivity index (χ3v) is 8.30. The maximum absolute atomic E-state index is 14.3. The molecule has 0 nitrogen and oxygen atoms in total. The minimum absolute atomic E-state index is 0.00503. The van der Waals surface area contributed by atoms with Crippen molar-refractivity contribution in [2.75, 3.05) is 0 Å². The molecule has 2 aliphatic rings. The van der Waals surface area contributed by atoms with Gasteiger partial charge >= 0.3 is 0 Å². The molecule has 0 N–H and O–H groups in total. The van der Waals surface area contributed by atoms with E-state index >= 15 is 0 Å². The Labute approximate surface area is 188 Å². The fraction of sp³-hybridized carbons (Fsp3) is 0.786. The molecule has 0 heterocycles. The Bertz CT molecular complexity index is 667. The highest BCUT2D eigenvalue weighted by Gasteiger charge is 2.29. The molecule has 0 radical (unpaired) electrons. The second kappa shape index (κ2) is 12.3. The zero-order valence-corrected chi connectivity index (χ0v) is 19.8. The maximum atomic E-state index is 14.3.